The summed E-state index contributed by atoms with van der Waals surface area (Å²) in [5.74, 6) is -0.261. The zero-order valence-corrected chi connectivity index (χ0v) is 12.7. The van der Waals surface area contributed by atoms with Gasteiger partial charge in [0.25, 0.3) is 0 Å². The predicted molar refractivity (Wildman–Crippen MR) is 86.6 cm³/mol. The van der Waals surface area contributed by atoms with Gasteiger partial charge >= 0.3 is 0 Å². The number of hydrazine groups is 1. The van der Waals surface area contributed by atoms with Crippen LogP contribution in [0.15, 0.2) is 36.4 Å². The van der Waals surface area contributed by atoms with E-state index in [1.807, 2.05) is 14.1 Å². The summed E-state index contributed by atoms with van der Waals surface area (Å²) in [6.07, 6.45) is 0. The highest BCUT2D eigenvalue weighted by atomic mass is 16.1. The summed E-state index contributed by atoms with van der Waals surface area (Å²) in [4.78, 5) is 25.7. The van der Waals surface area contributed by atoms with Gasteiger partial charge in [-0.2, -0.15) is 0 Å². The molecule has 0 heterocycles. The molecule has 0 bridgehead atoms. The van der Waals surface area contributed by atoms with Crippen LogP contribution in [-0.4, -0.2) is 37.7 Å². The Hall–Kier alpha value is -2.66. The Morgan fingerprint density at radius 3 is 1.91 bits per heavy atom. The van der Waals surface area contributed by atoms with E-state index >= 15 is 0 Å². The summed E-state index contributed by atoms with van der Waals surface area (Å²) in [6, 6.07) is 10.6. The first-order valence-electron chi connectivity index (χ1n) is 7.01. The normalized spacial score (nSPS) is 12.9. The molecule has 3 rings (SSSR count). The summed E-state index contributed by atoms with van der Waals surface area (Å²) < 4.78 is 0. The summed E-state index contributed by atoms with van der Waals surface area (Å²) in [5.41, 5.74) is 6.16. The number of hydrogen-bond acceptors (Lipinski definition) is 5. The van der Waals surface area contributed by atoms with E-state index in [1.165, 1.54) is 0 Å². The number of hydrogen-bond donors (Lipinski definition) is 2. The van der Waals surface area contributed by atoms with Crippen molar-refractivity contribution in [2.75, 3.05) is 31.9 Å². The van der Waals surface area contributed by atoms with E-state index in [4.69, 9.17) is 0 Å². The zero-order valence-electron chi connectivity index (χ0n) is 12.7. The molecule has 2 aromatic carbocycles. The SMILES string of the molecule is CNc1cccc2c1C(=O)c1c(NN(C)C)cccc1C2=O. The molecule has 0 atom stereocenters. The second-order valence-electron chi connectivity index (χ2n) is 5.37. The highest BCUT2D eigenvalue weighted by Gasteiger charge is 2.33. The van der Waals surface area contributed by atoms with Crippen LogP contribution in [0, 0.1) is 0 Å². The first-order chi connectivity index (χ1) is 10.5. The van der Waals surface area contributed by atoms with Gasteiger partial charge in [-0.3, -0.25) is 9.59 Å². The molecule has 0 aliphatic heterocycles. The molecule has 22 heavy (non-hydrogen) atoms. The quantitative estimate of drug-likeness (QED) is 0.727. The molecule has 0 fully saturated rings. The lowest BCUT2D eigenvalue weighted by atomic mass is 9.82. The standard InChI is InChI=1S/C17H17N3O2/c1-18-12-8-4-6-10-14(12)17(22)15-11(16(10)21)7-5-9-13(15)19-20(2)3/h4-9,18-19H,1-3H3. The summed E-state index contributed by atoms with van der Waals surface area (Å²) in [7, 11) is 5.41. The molecule has 0 amide bonds. The van der Waals surface area contributed by atoms with Gasteiger partial charge in [0, 0.05) is 38.0 Å². The van der Waals surface area contributed by atoms with Gasteiger partial charge in [-0.15, -0.1) is 0 Å². The van der Waals surface area contributed by atoms with Crippen LogP contribution in [0.3, 0.4) is 0 Å². The molecule has 2 N–H and O–H groups in total. The molecule has 1 aliphatic rings. The lowest BCUT2D eigenvalue weighted by Gasteiger charge is -2.24. The average molecular weight is 295 g/mol. The second-order valence-corrected chi connectivity index (χ2v) is 5.37. The fourth-order valence-electron chi connectivity index (χ4n) is 2.78. The minimum Gasteiger partial charge on any atom is -0.388 e. The molecule has 0 aromatic heterocycles. The molecule has 5 nitrogen and oxygen atoms in total. The monoisotopic (exact) mass is 295 g/mol. The van der Waals surface area contributed by atoms with Crippen LogP contribution in [0.25, 0.3) is 0 Å². The Morgan fingerprint density at radius 2 is 1.36 bits per heavy atom. The smallest absolute Gasteiger partial charge is 0.198 e. The Kier molecular flexibility index (Phi) is 3.42. The number of fused-ring (bicyclic) bond motifs is 2. The van der Waals surface area contributed by atoms with E-state index < -0.39 is 0 Å². The Bertz CT molecular complexity index is 781. The van der Waals surface area contributed by atoms with Crippen LogP contribution in [0.1, 0.15) is 31.8 Å². The highest BCUT2D eigenvalue weighted by molar-refractivity contribution is 6.31. The molecule has 0 saturated heterocycles. The molecule has 5 heteroatoms. The third-order valence-corrected chi connectivity index (χ3v) is 3.69. The van der Waals surface area contributed by atoms with Crippen molar-refractivity contribution in [3.05, 3.63) is 58.7 Å². The number of anilines is 2. The van der Waals surface area contributed by atoms with Crippen LogP contribution in [0.5, 0.6) is 0 Å². The van der Waals surface area contributed by atoms with Gasteiger partial charge in [0.15, 0.2) is 11.6 Å². The highest BCUT2D eigenvalue weighted by Crippen LogP contribution is 2.35. The third kappa shape index (κ3) is 2.07. The van der Waals surface area contributed by atoms with Gasteiger partial charge in [-0.1, -0.05) is 24.3 Å². The molecule has 2 aromatic rings. The molecule has 0 saturated carbocycles. The molecular formula is C17H17N3O2. The van der Waals surface area contributed by atoms with E-state index in [-0.39, 0.29) is 11.6 Å². The predicted octanol–water partition coefficient (Wildman–Crippen LogP) is 2.39. The molecular weight excluding hydrogens is 278 g/mol. The van der Waals surface area contributed by atoms with Crippen molar-refractivity contribution in [1.82, 2.24) is 5.01 Å². The van der Waals surface area contributed by atoms with Crippen LogP contribution in [0.2, 0.25) is 0 Å². The Balaban J connectivity index is 2.26. The Morgan fingerprint density at radius 1 is 0.818 bits per heavy atom. The zero-order chi connectivity index (χ0) is 15.9. The van der Waals surface area contributed by atoms with Crippen molar-refractivity contribution in [3.8, 4) is 0 Å². The minimum absolute atomic E-state index is 0.121. The maximum atomic E-state index is 13.0. The van der Waals surface area contributed by atoms with Gasteiger partial charge in [0.1, 0.15) is 0 Å². The minimum atomic E-state index is -0.139. The molecule has 0 radical (unpaired) electrons. The summed E-state index contributed by atoms with van der Waals surface area (Å²) >= 11 is 0. The molecule has 0 unspecified atom stereocenters. The van der Waals surface area contributed by atoms with Crippen LogP contribution in [-0.2, 0) is 0 Å². The van der Waals surface area contributed by atoms with Crippen molar-refractivity contribution in [3.63, 3.8) is 0 Å². The van der Waals surface area contributed by atoms with E-state index in [1.54, 1.807) is 48.5 Å². The van der Waals surface area contributed by atoms with Gasteiger partial charge in [-0.05, 0) is 12.1 Å². The first-order valence-corrected chi connectivity index (χ1v) is 7.01. The first kappa shape index (κ1) is 14.3. The van der Waals surface area contributed by atoms with Crippen LogP contribution in [0.4, 0.5) is 11.4 Å². The number of nitrogens with zero attached hydrogens (tertiary/aromatic N) is 1. The van der Waals surface area contributed by atoms with Crippen molar-refractivity contribution < 1.29 is 9.59 Å². The largest absolute Gasteiger partial charge is 0.388 e. The number of carbonyl (C=O) groups excluding carboxylic acids is 2. The van der Waals surface area contributed by atoms with Crippen molar-refractivity contribution in [2.24, 2.45) is 0 Å². The van der Waals surface area contributed by atoms with E-state index in [2.05, 4.69) is 10.7 Å². The van der Waals surface area contributed by atoms with Gasteiger partial charge < -0.3 is 10.7 Å². The average Bonchev–Trinajstić information content (AvgIpc) is 2.51. The third-order valence-electron chi connectivity index (χ3n) is 3.69. The maximum absolute atomic E-state index is 13.0. The second kappa shape index (κ2) is 5.27. The van der Waals surface area contributed by atoms with Gasteiger partial charge in [0.05, 0.1) is 16.8 Å². The van der Waals surface area contributed by atoms with Crippen molar-refractivity contribution >= 4 is 22.9 Å². The number of nitrogens with one attached hydrogen (secondary N) is 2. The molecule has 0 spiro atoms. The number of ketones is 2. The number of carbonyl (C=O) groups is 2. The fourth-order valence-corrected chi connectivity index (χ4v) is 2.78. The van der Waals surface area contributed by atoms with Gasteiger partial charge in [-0.25, -0.2) is 5.01 Å². The van der Waals surface area contributed by atoms with Gasteiger partial charge in [0.2, 0.25) is 0 Å². The van der Waals surface area contributed by atoms with Crippen molar-refractivity contribution in [1.29, 1.82) is 0 Å². The topological polar surface area (TPSA) is 61.4 Å². The van der Waals surface area contributed by atoms with E-state index in [9.17, 15) is 9.59 Å². The van der Waals surface area contributed by atoms with Crippen LogP contribution < -0.4 is 10.7 Å². The van der Waals surface area contributed by atoms with E-state index in [0.29, 0.717) is 33.6 Å². The molecule has 112 valence electrons. The maximum Gasteiger partial charge on any atom is 0.198 e. The number of rotatable bonds is 3. The van der Waals surface area contributed by atoms with E-state index in [0.717, 1.165) is 0 Å². The lowest BCUT2D eigenvalue weighted by Crippen LogP contribution is -2.26. The summed E-state index contributed by atoms with van der Waals surface area (Å²) in [6.45, 7) is 0. The fraction of sp³-hybridized carbons (Fsp3) is 0.176. The van der Waals surface area contributed by atoms with Crippen molar-refractivity contribution in [2.45, 2.75) is 0 Å². The lowest BCUT2D eigenvalue weighted by molar-refractivity contribution is 0.0980. The number of benzene rings is 2. The Labute approximate surface area is 128 Å². The summed E-state index contributed by atoms with van der Waals surface area (Å²) in [5, 5.41) is 4.74. The van der Waals surface area contributed by atoms with Crippen LogP contribution >= 0.6 is 0 Å². The molecule has 1 aliphatic carbocycles.